The van der Waals surface area contributed by atoms with Crippen molar-refractivity contribution in [2.24, 2.45) is 5.92 Å². The third-order valence-corrected chi connectivity index (χ3v) is 4.15. The Hall–Kier alpha value is -0.340. The fraction of sp³-hybridized carbons (Fsp3) is 0.900. The number of carbonyl (C=O) groups excluding carboxylic acids is 1. The smallest absolute Gasteiger partial charge is 0.309 e. The molecule has 5 heteroatoms. The first-order chi connectivity index (χ1) is 7.02. The van der Waals surface area contributed by atoms with Crippen LogP contribution in [0.25, 0.3) is 0 Å². The second-order valence-corrected chi connectivity index (χ2v) is 5.58. The Labute approximate surface area is 92.1 Å². The Balaban J connectivity index is 4.00. The summed E-state index contributed by atoms with van der Waals surface area (Å²) in [6, 6.07) is 0. The topological polar surface area (TPSA) is 52.6 Å². The van der Waals surface area contributed by atoms with Crippen LogP contribution in [0.15, 0.2) is 0 Å². The number of hydrogen-bond acceptors (Lipinski definition) is 4. The Morgan fingerprint density at radius 3 is 2.33 bits per heavy atom. The van der Waals surface area contributed by atoms with Crippen LogP contribution in [0.4, 0.5) is 0 Å². The van der Waals surface area contributed by atoms with Gasteiger partial charge in [-0.3, -0.25) is 4.79 Å². The molecule has 0 heterocycles. The molecule has 4 nitrogen and oxygen atoms in total. The van der Waals surface area contributed by atoms with Gasteiger partial charge in [-0.25, -0.2) is 0 Å². The van der Waals surface area contributed by atoms with Crippen molar-refractivity contribution in [2.45, 2.75) is 33.5 Å². The molecule has 0 aromatic rings. The standard InChI is InChI=1S/C10H21O4P/c1-5-13-9(4)15(12)7-8(3)10(11)14-6-2/h8-9,15H,5-7H2,1-4H3. The molecule has 0 aliphatic heterocycles. The zero-order valence-corrected chi connectivity index (χ0v) is 10.9. The van der Waals surface area contributed by atoms with E-state index in [0.29, 0.717) is 19.4 Å². The lowest BCUT2D eigenvalue weighted by molar-refractivity contribution is -0.146. The SMILES string of the molecule is CCOC(=O)C(C)C[PH](=O)C(C)OCC. The van der Waals surface area contributed by atoms with Gasteiger partial charge in [-0.2, -0.15) is 0 Å². The summed E-state index contributed by atoms with van der Waals surface area (Å²) in [5.41, 5.74) is 0. The molecule has 3 atom stereocenters. The lowest BCUT2D eigenvalue weighted by Crippen LogP contribution is -2.18. The minimum Gasteiger partial charge on any atom is -0.466 e. The number of esters is 1. The summed E-state index contributed by atoms with van der Waals surface area (Å²) in [6.07, 6.45) is 0.366. The number of carbonyl (C=O) groups is 1. The molecule has 0 rings (SSSR count). The molecule has 0 saturated carbocycles. The highest BCUT2D eigenvalue weighted by Crippen LogP contribution is 2.31. The van der Waals surface area contributed by atoms with Crippen LogP contribution in [-0.2, 0) is 18.8 Å². The zero-order chi connectivity index (χ0) is 11.8. The van der Waals surface area contributed by atoms with Crippen LogP contribution in [0, 0.1) is 5.92 Å². The quantitative estimate of drug-likeness (QED) is 0.502. The highest BCUT2D eigenvalue weighted by Gasteiger charge is 2.20. The predicted octanol–water partition coefficient (Wildman–Crippen LogP) is 2.13. The Bertz CT molecular complexity index is 217. The molecule has 0 aliphatic carbocycles. The second kappa shape index (κ2) is 7.89. The molecule has 0 N–H and O–H groups in total. The van der Waals surface area contributed by atoms with E-state index in [1.807, 2.05) is 6.92 Å². The summed E-state index contributed by atoms with van der Waals surface area (Å²) in [4.78, 5) is 11.3. The predicted molar refractivity (Wildman–Crippen MR) is 60.8 cm³/mol. The van der Waals surface area contributed by atoms with Gasteiger partial charge in [0.25, 0.3) is 0 Å². The van der Waals surface area contributed by atoms with Crippen LogP contribution < -0.4 is 0 Å². The Morgan fingerprint density at radius 1 is 1.27 bits per heavy atom. The zero-order valence-electron chi connectivity index (χ0n) is 9.91. The molecule has 0 fully saturated rings. The Kier molecular flexibility index (Phi) is 7.71. The highest BCUT2D eigenvalue weighted by atomic mass is 31.1. The molecule has 0 radical (unpaired) electrons. The van der Waals surface area contributed by atoms with Gasteiger partial charge in [0.2, 0.25) is 0 Å². The van der Waals surface area contributed by atoms with E-state index in [1.165, 1.54) is 0 Å². The summed E-state index contributed by atoms with van der Waals surface area (Å²) in [5.74, 6) is -0.837. The highest BCUT2D eigenvalue weighted by molar-refractivity contribution is 7.45. The first kappa shape index (κ1) is 14.7. The van der Waals surface area contributed by atoms with Gasteiger partial charge in [-0.15, -0.1) is 0 Å². The summed E-state index contributed by atoms with van der Waals surface area (Å²) in [7, 11) is -1.86. The molecule has 90 valence electrons. The van der Waals surface area contributed by atoms with Crippen molar-refractivity contribution in [3.8, 4) is 0 Å². The van der Waals surface area contributed by atoms with E-state index in [0.717, 1.165) is 0 Å². The third-order valence-electron chi connectivity index (χ3n) is 2.07. The van der Waals surface area contributed by atoms with Gasteiger partial charge in [-0.05, 0) is 20.8 Å². The molecular weight excluding hydrogens is 215 g/mol. The molecule has 0 amide bonds. The monoisotopic (exact) mass is 236 g/mol. The maximum absolute atomic E-state index is 11.7. The van der Waals surface area contributed by atoms with E-state index in [1.54, 1.807) is 20.8 Å². The van der Waals surface area contributed by atoms with Crippen LogP contribution in [0.3, 0.4) is 0 Å². The first-order valence-electron chi connectivity index (χ1n) is 5.33. The molecule has 0 aliphatic rings. The third kappa shape index (κ3) is 5.95. The minimum atomic E-state index is -1.86. The maximum atomic E-state index is 11.7. The largest absolute Gasteiger partial charge is 0.466 e. The fourth-order valence-corrected chi connectivity index (χ4v) is 2.63. The Morgan fingerprint density at radius 2 is 1.87 bits per heavy atom. The van der Waals surface area contributed by atoms with Gasteiger partial charge < -0.3 is 14.0 Å². The van der Waals surface area contributed by atoms with Crippen molar-refractivity contribution in [2.75, 3.05) is 19.4 Å². The average molecular weight is 236 g/mol. The van der Waals surface area contributed by atoms with E-state index < -0.39 is 7.80 Å². The van der Waals surface area contributed by atoms with Crippen molar-refractivity contribution in [3.63, 3.8) is 0 Å². The van der Waals surface area contributed by atoms with Gasteiger partial charge in [0.05, 0.1) is 12.5 Å². The van der Waals surface area contributed by atoms with E-state index >= 15 is 0 Å². The molecule has 15 heavy (non-hydrogen) atoms. The minimum absolute atomic E-state index is 0.253. The molecule has 0 aromatic carbocycles. The van der Waals surface area contributed by atoms with Crippen molar-refractivity contribution in [1.29, 1.82) is 0 Å². The van der Waals surface area contributed by atoms with E-state index in [9.17, 15) is 9.36 Å². The van der Waals surface area contributed by atoms with Crippen molar-refractivity contribution in [1.82, 2.24) is 0 Å². The molecule has 0 bridgehead atoms. The van der Waals surface area contributed by atoms with Crippen LogP contribution >= 0.6 is 7.80 Å². The first-order valence-corrected chi connectivity index (χ1v) is 7.03. The van der Waals surface area contributed by atoms with Crippen LogP contribution in [0.1, 0.15) is 27.7 Å². The summed E-state index contributed by atoms with van der Waals surface area (Å²) >= 11 is 0. The van der Waals surface area contributed by atoms with E-state index in [-0.39, 0.29) is 17.7 Å². The molecule has 0 spiro atoms. The fourth-order valence-electron chi connectivity index (χ4n) is 1.18. The summed E-state index contributed by atoms with van der Waals surface area (Å²) < 4.78 is 21.8. The van der Waals surface area contributed by atoms with Crippen LogP contribution in [-0.4, -0.2) is 31.2 Å². The second-order valence-electron chi connectivity index (χ2n) is 3.42. The van der Waals surface area contributed by atoms with Crippen LogP contribution in [0.2, 0.25) is 0 Å². The van der Waals surface area contributed by atoms with Crippen molar-refractivity contribution in [3.05, 3.63) is 0 Å². The van der Waals surface area contributed by atoms with E-state index in [4.69, 9.17) is 9.47 Å². The van der Waals surface area contributed by atoms with Crippen LogP contribution in [0.5, 0.6) is 0 Å². The van der Waals surface area contributed by atoms with Crippen molar-refractivity contribution < 1.29 is 18.8 Å². The molecule has 3 unspecified atom stereocenters. The van der Waals surface area contributed by atoms with Gasteiger partial charge >= 0.3 is 5.97 Å². The summed E-state index contributed by atoms with van der Waals surface area (Å²) in [5, 5.41) is 0. The summed E-state index contributed by atoms with van der Waals surface area (Å²) in [6.45, 7) is 8.05. The van der Waals surface area contributed by atoms with E-state index in [2.05, 4.69) is 0 Å². The van der Waals surface area contributed by atoms with Gasteiger partial charge in [0, 0.05) is 12.8 Å². The number of hydrogen-bond donors (Lipinski definition) is 0. The normalized spacial score (nSPS) is 16.8. The number of ether oxygens (including phenoxy) is 2. The molecule has 0 saturated heterocycles. The maximum Gasteiger partial charge on any atom is 0.309 e. The molecular formula is C10H21O4P. The number of rotatable bonds is 7. The lowest BCUT2D eigenvalue weighted by atomic mass is 10.2. The van der Waals surface area contributed by atoms with Gasteiger partial charge in [0.15, 0.2) is 0 Å². The molecule has 0 aromatic heterocycles. The van der Waals surface area contributed by atoms with Gasteiger partial charge in [0.1, 0.15) is 13.6 Å². The van der Waals surface area contributed by atoms with Crippen molar-refractivity contribution >= 4 is 13.8 Å². The average Bonchev–Trinajstić information content (AvgIpc) is 2.18. The van der Waals surface area contributed by atoms with Gasteiger partial charge in [-0.1, -0.05) is 6.92 Å². The lowest BCUT2D eigenvalue weighted by Gasteiger charge is -2.14.